The average Bonchev–Trinajstić information content (AvgIpc) is 3.55. The summed E-state index contributed by atoms with van der Waals surface area (Å²) < 4.78 is 15.5. The summed E-state index contributed by atoms with van der Waals surface area (Å²) in [5.74, 6) is 0.641. The molecule has 0 fully saturated rings. The summed E-state index contributed by atoms with van der Waals surface area (Å²) in [6, 6.07) is 52.7. The first kappa shape index (κ1) is 39.2. The zero-order chi connectivity index (χ0) is 40.7. The highest BCUT2D eigenvalue weighted by Gasteiger charge is 2.45. The number of ether oxygens (including phenoxy) is 2. The van der Waals surface area contributed by atoms with Crippen LogP contribution in [0.4, 0.5) is 11.4 Å². The Bertz CT molecular complexity index is 2730. The van der Waals surface area contributed by atoms with E-state index in [9.17, 15) is 9.59 Å². The highest BCUT2D eigenvalue weighted by Crippen LogP contribution is 2.56. The fraction of sp³-hybridized carbons (Fsp3) is 0.0612. The van der Waals surface area contributed by atoms with E-state index in [1.807, 2.05) is 84.9 Å². The molecule has 0 aliphatic heterocycles. The number of anilines is 2. The summed E-state index contributed by atoms with van der Waals surface area (Å²) in [4.78, 5) is 26.3. The molecule has 0 saturated heterocycles. The Kier molecular flexibility index (Phi) is 10.9. The molecule has 2 N–H and O–H groups in total. The number of fused-ring (bicyclic) bond motifs is 5. The average molecular weight is 1030 g/mol. The molecule has 1 aliphatic carbocycles. The SMILES string of the molecule is O=C(COc1ccc2cc(Br)ccc2c1Br)Nc1ccc(C2(c3ccc(NC(=O)COc4ccc5cc(Br)ccc5c4Br)cc3)c3ccccc3-c3ccccc32)cc1. The molecule has 0 spiro atoms. The van der Waals surface area contributed by atoms with Crippen molar-refractivity contribution in [2.24, 2.45) is 0 Å². The van der Waals surface area contributed by atoms with E-state index >= 15 is 0 Å². The first-order valence-corrected chi connectivity index (χ1v) is 21.9. The monoisotopic (exact) mass is 1030 g/mol. The van der Waals surface area contributed by atoms with Gasteiger partial charge in [0, 0.05) is 20.3 Å². The van der Waals surface area contributed by atoms with Crippen molar-refractivity contribution in [3.63, 3.8) is 0 Å². The maximum Gasteiger partial charge on any atom is 0.262 e. The van der Waals surface area contributed by atoms with Gasteiger partial charge in [-0.3, -0.25) is 9.59 Å². The van der Waals surface area contributed by atoms with Crippen LogP contribution in [0.15, 0.2) is 176 Å². The standard InChI is InChI=1S/C49H32Br4N2O4/c50-33-15-21-37-29(25-33)9-23-43(47(37)52)58-27-45(56)54-35-17-11-31(12-18-35)49(41-7-3-1-5-39(41)40-6-2-4-8-42(40)49)32-13-19-36(20-14-32)55-46(57)28-59-44-24-10-30-26-34(51)16-22-38(30)48(44)53/h1-26H,27-28H2,(H,54,56)(H,55,57). The minimum atomic E-state index is -0.666. The predicted octanol–water partition coefficient (Wildman–Crippen LogP) is 13.4. The van der Waals surface area contributed by atoms with E-state index < -0.39 is 5.41 Å². The van der Waals surface area contributed by atoms with Crippen LogP contribution in [-0.4, -0.2) is 25.0 Å². The Labute approximate surface area is 374 Å². The number of rotatable bonds is 10. The van der Waals surface area contributed by atoms with Gasteiger partial charge >= 0.3 is 0 Å². The third-order valence-corrected chi connectivity index (χ3v) is 13.3. The van der Waals surface area contributed by atoms with Crippen molar-refractivity contribution in [1.82, 2.24) is 0 Å². The molecule has 0 heterocycles. The second kappa shape index (κ2) is 16.4. The molecule has 6 nitrogen and oxygen atoms in total. The summed E-state index contributed by atoms with van der Waals surface area (Å²) >= 11 is 14.3. The molecule has 9 rings (SSSR count). The van der Waals surface area contributed by atoms with E-state index in [-0.39, 0.29) is 25.0 Å². The second-order valence-electron chi connectivity index (χ2n) is 14.2. The molecule has 10 heteroatoms. The van der Waals surface area contributed by atoms with Crippen molar-refractivity contribution in [3.05, 3.63) is 198 Å². The van der Waals surface area contributed by atoms with Gasteiger partial charge < -0.3 is 20.1 Å². The molecule has 0 bridgehead atoms. The third-order valence-electron chi connectivity index (χ3n) is 10.6. The maximum absolute atomic E-state index is 13.2. The fourth-order valence-electron chi connectivity index (χ4n) is 8.02. The molecule has 0 aromatic heterocycles. The van der Waals surface area contributed by atoms with E-state index in [1.165, 1.54) is 0 Å². The van der Waals surface area contributed by atoms with Crippen LogP contribution >= 0.6 is 63.7 Å². The number of benzene rings is 8. The number of nitrogens with one attached hydrogen (secondary N) is 2. The molecule has 0 radical (unpaired) electrons. The zero-order valence-corrected chi connectivity index (χ0v) is 37.4. The first-order chi connectivity index (χ1) is 28.7. The van der Waals surface area contributed by atoms with E-state index in [0.717, 1.165) is 72.8 Å². The number of hydrogen-bond acceptors (Lipinski definition) is 4. The zero-order valence-electron chi connectivity index (χ0n) is 31.1. The van der Waals surface area contributed by atoms with Crippen LogP contribution in [0.25, 0.3) is 32.7 Å². The van der Waals surface area contributed by atoms with Crippen molar-refractivity contribution in [1.29, 1.82) is 0 Å². The van der Waals surface area contributed by atoms with Crippen molar-refractivity contribution in [2.75, 3.05) is 23.8 Å². The van der Waals surface area contributed by atoms with Gasteiger partial charge in [-0.25, -0.2) is 0 Å². The van der Waals surface area contributed by atoms with Crippen LogP contribution < -0.4 is 20.1 Å². The minimum absolute atomic E-state index is 0.151. The molecular weight excluding hydrogens is 1000 g/mol. The lowest BCUT2D eigenvalue weighted by atomic mass is 9.67. The Morgan fingerprint density at radius 2 is 0.881 bits per heavy atom. The normalized spacial score (nSPS) is 12.5. The van der Waals surface area contributed by atoms with Crippen molar-refractivity contribution in [2.45, 2.75) is 5.41 Å². The summed E-state index contributed by atoms with van der Waals surface area (Å²) in [5.41, 5.74) is 7.34. The molecule has 0 unspecified atom stereocenters. The summed E-state index contributed by atoms with van der Waals surface area (Å²) in [5, 5.41) is 10.1. The van der Waals surface area contributed by atoms with Gasteiger partial charge in [0.15, 0.2) is 13.2 Å². The second-order valence-corrected chi connectivity index (χ2v) is 17.6. The highest BCUT2D eigenvalue weighted by atomic mass is 79.9. The van der Waals surface area contributed by atoms with Crippen LogP contribution in [0.1, 0.15) is 22.3 Å². The molecule has 8 aromatic rings. The first-order valence-electron chi connectivity index (χ1n) is 18.7. The van der Waals surface area contributed by atoms with Crippen LogP contribution in [0.2, 0.25) is 0 Å². The van der Waals surface area contributed by atoms with E-state index in [0.29, 0.717) is 22.9 Å². The van der Waals surface area contributed by atoms with Gasteiger partial charge in [0.1, 0.15) is 11.5 Å². The van der Waals surface area contributed by atoms with Crippen molar-refractivity contribution < 1.29 is 19.1 Å². The van der Waals surface area contributed by atoms with Crippen molar-refractivity contribution >= 4 is 108 Å². The van der Waals surface area contributed by atoms with E-state index in [4.69, 9.17) is 9.47 Å². The van der Waals surface area contributed by atoms with E-state index in [1.54, 1.807) is 0 Å². The van der Waals surface area contributed by atoms with E-state index in [2.05, 4.69) is 147 Å². The van der Waals surface area contributed by atoms with Crippen molar-refractivity contribution in [3.8, 4) is 22.6 Å². The van der Waals surface area contributed by atoms with Gasteiger partial charge in [-0.1, -0.05) is 129 Å². The topological polar surface area (TPSA) is 76.7 Å². The highest BCUT2D eigenvalue weighted by molar-refractivity contribution is 9.11. The molecule has 8 aromatic carbocycles. The Morgan fingerprint density at radius 3 is 1.31 bits per heavy atom. The van der Waals surface area contributed by atoms with Gasteiger partial charge in [0.25, 0.3) is 11.8 Å². The largest absolute Gasteiger partial charge is 0.483 e. The van der Waals surface area contributed by atoms with Crippen LogP contribution in [-0.2, 0) is 15.0 Å². The Balaban J connectivity index is 0.951. The molecule has 59 heavy (non-hydrogen) atoms. The lowest BCUT2D eigenvalue weighted by Gasteiger charge is -2.34. The minimum Gasteiger partial charge on any atom is -0.483 e. The van der Waals surface area contributed by atoms with Gasteiger partial charge in [-0.2, -0.15) is 0 Å². The molecule has 2 amide bonds. The van der Waals surface area contributed by atoms with Gasteiger partial charge in [-0.05, 0) is 147 Å². The van der Waals surface area contributed by atoms with Crippen LogP contribution in [0.5, 0.6) is 11.5 Å². The van der Waals surface area contributed by atoms with Gasteiger partial charge in [0.05, 0.1) is 14.4 Å². The van der Waals surface area contributed by atoms with Gasteiger partial charge in [0.2, 0.25) is 0 Å². The molecule has 0 atom stereocenters. The Morgan fingerprint density at radius 1 is 0.475 bits per heavy atom. The molecule has 1 aliphatic rings. The Hall–Kier alpha value is -5.26. The summed E-state index contributed by atoms with van der Waals surface area (Å²) in [6.45, 7) is -0.303. The molecule has 290 valence electrons. The lowest BCUT2D eigenvalue weighted by molar-refractivity contribution is -0.118. The summed E-state index contributed by atoms with van der Waals surface area (Å²) in [6.07, 6.45) is 0. The lowest BCUT2D eigenvalue weighted by Crippen LogP contribution is -2.28. The fourth-order valence-corrected chi connectivity index (χ4v) is 9.99. The predicted molar refractivity (Wildman–Crippen MR) is 251 cm³/mol. The number of carbonyl (C=O) groups excluding carboxylic acids is 2. The number of hydrogen-bond donors (Lipinski definition) is 2. The quantitative estimate of drug-likeness (QED) is 0.143. The number of amides is 2. The van der Waals surface area contributed by atoms with Crippen LogP contribution in [0.3, 0.4) is 0 Å². The van der Waals surface area contributed by atoms with Gasteiger partial charge in [-0.15, -0.1) is 0 Å². The number of halogens is 4. The molecule has 0 saturated carbocycles. The smallest absolute Gasteiger partial charge is 0.262 e. The molecular formula is C49H32Br4N2O4. The number of carbonyl (C=O) groups is 2. The third kappa shape index (κ3) is 7.48. The van der Waals surface area contributed by atoms with Crippen LogP contribution in [0, 0.1) is 0 Å². The summed E-state index contributed by atoms with van der Waals surface area (Å²) in [7, 11) is 0. The maximum atomic E-state index is 13.2.